The fourth-order valence-electron chi connectivity index (χ4n) is 4.46. The van der Waals surface area contributed by atoms with Crippen molar-refractivity contribution in [2.45, 2.75) is 45.2 Å². The van der Waals surface area contributed by atoms with Crippen LogP contribution in [-0.2, 0) is 0 Å². The highest BCUT2D eigenvalue weighted by Crippen LogP contribution is 2.28. The Kier molecular flexibility index (Phi) is 6.13. The summed E-state index contributed by atoms with van der Waals surface area (Å²) in [6.45, 7) is 9.15. The molecule has 0 aromatic carbocycles. The van der Waals surface area contributed by atoms with Crippen molar-refractivity contribution < 1.29 is 5.11 Å². The zero-order valence-electron chi connectivity index (χ0n) is 16.3. The second kappa shape index (κ2) is 8.34. The zero-order valence-corrected chi connectivity index (χ0v) is 16.3. The van der Waals surface area contributed by atoms with Gasteiger partial charge in [-0.3, -0.25) is 4.90 Å². The minimum Gasteiger partial charge on any atom is -0.396 e. The van der Waals surface area contributed by atoms with Gasteiger partial charge in [0.2, 0.25) is 0 Å². The van der Waals surface area contributed by atoms with Gasteiger partial charge in [0.15, 0.2) is 0 Å². The molecule has 3 heterocycles. The molecule has 0 bridgehead atoms. The van der Waals surface area contributed by atoms with Crippen molar-refractivity contribution in [2.24, 2.45) is 0 Å². The van der Waals surface area contributed by atoms with Crippen LogP contribution >= 0.6 is 0 Å². The number of aliphatic hydroxyl groups excluding tert-OH is 1. The van der Waals surface area contributed by atoms with Gasteiger partial charge < -0.3 is 14.9 Å². The predicted octanol–water partition coefficient (Wildman–Crippen LogP) is 1.54. The van der Waals surface area contributed by atoms with E-state index in [1.807, 2.05) is 19.9 Å². The van der Waals surface area contributed by atoms with Crippen molar-refractivity contribution in [3.63, 3.8) is 0 Å². The maximum Gasteiger partial charge on any atom is 0.147 e. The third kappa shape index (κ3) is 4.01. The lowest BCUT2D eigenvalue weighted by atomic mass is 9.98. The van der Waals surface area contributed by atoms with Crippen molar-refractivity contribution in [3.05, 3.63) is 22.9 Å². The van der Waals surface area contributed by atoms with Crippen LogP contribution in [-0.4, -0.2) is 78.4 Å². The molecule has 2 fully saturated rings. The number of nitrogens with zero attached hydrogens (tertiary/aromatic N) is 5. The van der Waals surface area contributed by atoms with Crippen LogP contribution in [0.3, 0.4) is 0 Å². The van der Waals surface area contributed by atoms with Crippen molar-refractivity contribution in [1.82, 2.24) is 14.8 Å². The molecule has 0 spiro atoms. The largest absolute Gasteiger partial charge is 0.396 e. The van der Waals surface area contributed by atoms with E-state index in [1.54, 1.807) is 0 Å². The van der Waals surface area contributed by atoms with E-state index >= 15 is 0 Å². The fraction of sp³-hybridized carbons (Fsp3) is 0.700. The summed E-state index contributed by atoms with van der Waals surface area (Å²) in [7, 11) is 2.19. The molecule has 3 rings (SSSR count). The Morgan fingerprint density at radius 3 is 2.62 bits per heavy atom. The number of aliphatic hydroxyl groups is 1. The lowest BCUT2D eigenvalue weighted by molar-refractivity contribution is 0.0596. The molecule has 0 unspecified atom stereocenters. The van der Waals surface area contributed by atoms with Gasteiger partial charge >= 0.3 is 0 Å². The highest BCUT2D eigenvalue weighted by Gasteiger charge is 2.34. The summed E-state index contributed by atoms with van der Waals surface area (Å²) in [5.41, 5.74) is 2.63. The molecule has 0 aliphatic carbocycles. The van der Waals surface area contributed by atoms with Crippen LogP contribution in [0.25, 0.3) is 0 Å². The van der Waals surface area contributed by atoms with E-state index in [9.17, 15) is 10.4 Å². The lowest BCUT2D eigenvalue weighted by Crippen LogP contribution is -2.58. The number of likely N-dealkylation sites (tertiary alicyclic amines) is 1. The van der Waals surface area contributed by atoms with E-state index in [0.717, 1.165) is 56.2 Å². The van der Waals surface area contributed by atoms with Crippen molar-refractivity contribution >= 4 is 5.82 Å². The van der Waals surface area contributed by atoms with Crippen LogP contribution in [0.15, 0.2) is 6.07 Å². The fourth-order valence-corrected chi connectivity index (χ4v) is 4.46. The molecular formula is C20H31N5O. The number of piperazine rings is 1. The van der Waals surface area contributed by atoms with Gasteiger partial charge in [-0.1, -0.05) is 0 Å². The van der Waals surface area contributed by atoms with Gasteiger partial charge in [0.25, 0.3) is 0 Å². The third-order valence-electron chi connectivity index (χ3n) is 5.88. The summed E-state index contributed by atoms with van der Waals surface area (Å²) in [6, 6.07) is 5.24. The number of aromatic nitrogens is 1. The molecule has 1 aromatic heterocycles. The minimum absolute atomic E-state index is 0.201. The van der Waals surface area contributed by atoms with Crippen LogP contribution in [0.5, 0.6) is 0 Å². The molecule has 26 heavy (non-hydrogen) atoms. The second-order valence-corrected chi connectivity index (χ2v) is 7.78. The van der Waals surface area contributed by atoms with Crippen molar-refractivity contribution in [3.8, 4) is 6.07 Å². The molecular weight excluding hydrogens is 326 g/mol. The smallest absolute Gasteiger partial charge is 0.147 e. The Balaban J connectivity index is 1.79. The number of hydrogen-bond donors (Lipinski definition) is 1. The molecule has 6 heteroatoms. The average Bonchev–Trinajstić information content (AvgIpc) is 2.62. The summed E-state index contributed by atoms with van der Waals surface area (Å²) in [4.78, 5) is 11.9. The lowest BCUT2D eigenvalue weighted by Gasteiger charge is -2.47. The van der Waals surface area contributed by atoms with Gasteiger partial charge in [-0.2, -0.15) is 5.26 Å². The van der Waals surface area contributed by atoms with E-state index in [-0.39, 0.29) is 6.61 Å². The molecule has 142 valence electrons. The summed E-state index contributed by atoms with van der Waals surface area (Å²) >= 11 is 0. The Morgan fingerprint density at radius 2 is 1.96 bits per heavy atom. The minimum atomic E-state index is 0.201. The normalized spacial score (nSPS) is 23.2. The first-order valence-electron chi connectivity index (χ1n) is 9.72. The molecule has 1 atom stereocenters. The summed E-state index contributed by atoms with van der Waals surface area (Å²) in [5, 5.41) is 19.2. The predicted molar refractivity (Wildman–Crippen MR) is 103 cm³/mol. The first-order valence-corrected chi connectivity index (χ1v) is 9.72. The molecule has 0 saturated carbocycles. The maximum absolute atomic E-state index is 9.60. The number of pyridine rings is 1. The van der Waals surface area contributed by atoms with E-state index in [1.165, 1.54) is 12.8 Å². The van der Waals surface area contributed by atoms with Crippen LogP contribution in [0.4, 0.5) is 5.82 Å². The molecule has 1 N–H and O–H groups in total. The van der Waals surface area contributed by atoms with Crippen molar-refractivity contribution in [1.29, 1.82) is 5.26 Å². The van der Waals surface area contributed by atoms with E-state index in [2.05, 4.69) is 32.8 Å². The van der Waals surface area contributed by atoms with Crippen LogP contribution in [0.1, 0.15) is 36.1 Å². The SMILES string of the molecule is Cc1cc(C)c(C#N)c(N2CCN(C3CCN(C)CC3)[C@H](CCO)C2)n1. The molecule has 2 aliphatic heterocycles. The molecule has 0 radical (unpaired) electrons. The first kappa shape index (κ1) is 19.1. The highest BCUT2D eigenvalue weighted by molar-refractivity contribution is 5.58. The number of hydrogen-bond acceptors (Lipinski definition) is 6. The second-order valence-electron chi connectivity index (χ2n) is 7.78. The van der Waals surface area contributed by atoms with E-state index < -0.39 is 0 Å². The molecule has 0 amide bonds. The van der Waals surface area contributed by atoms with Crippen LogP contribution in [0.2, 0.25) is 0 Å². The highest BCUT2D eigenvalue weighted by atomic mass is 16.3. The molecule has 2 saturated heterocycles. The van der Waals surface area contributed by atoms with Crippen LogP contribution < -0.4 is 4.90 Å². The topological polar surface area (TPSA) is 66.6 Å². The average molecular weight is 358 g/mol. The monoisotopic (exact) mass is 357 g/mol. The first-order chi connectivity index (χ1) is 12.5. The molecule has 2 aliphatic rings. The third-order valence-corrected chi connectivity index (χ3v) is 5.88. The van der Waals surface area contributed by atoms with E-state index in [0.29, 0.717) is 17.6 Å². The van der Waals surface area contributed by atoms with Gasteiger partial charge in [0.1, 0.15) is 11.9 Å². The number of anilines is 1. The van der Waals surface area contributed by atoms with Crippen LogP contribution in [0, 0.1) is 25.2 Å². The molecule has 6 nitrogen and oxygen atoms in total. The Labute approximate surface area is 157 Å². The van der Waals surface area contributed by atoms with Gasteiger partial charge in [0, 0.05) is 44.0 Å². The molecule has 1 aromatic rings. The standard InChI is InChI=1S/C20H31N5O/c1-15-12-16(2)22-20(19(15)13-21)24-9-10-25(18(14-24)6-11-26)17-4-7-23(3)8-5-17/h12,17-18,26H,4-11,14H2,1-3H3/t18-/m1/s1. The summed E-state index contributed by atoms with van der Waals surface area (Å²) in [6.07, 6.45) is 3.17. The van der Waals surface area contributed by atoms with Gasteiger partial charge in [-0.05, 0) is 64.9 Å². The number of nitriles is 1. The Morgan fingerprint density at radius 1 is 1.23 bits per heavy atom. The van der Waals surface area contributed by atoms with Gasteiger partial charge in [0.05, 0.1) is 5.56 Å². The van der Waals surface area contributed by atoms with Gasteiger partial charge in [-0.25, -0.2) is 4.98 Å². The van der Waals surface area contributed by atoms with Crippen molar-refractivity contribution in [2.75, 3.05) is 51.3 Å². The Hall–Kier alpha value is -1.68. The zero-order chi connectivity index (χ0) is 18.7. The number of rotatable bonds is 4. The summed E-state index contributed by atoms with van der Waals surface area (Å²) < 4.78 is 0. The van der Waals surface area contributed by atoms with Gasteiger partial charge in [-0.15, -0.1) is 0 Å². The number of piperidine rings is 1. The Bertz CT molecular complexity index is 663. The van der Waals surface area contributed by atoms with E-state index in [4.69, 9.17) is 0 Å². The quantitative estimate of drug-likeness (QED) is 0.882. The maximum atomic E-state index is 9.60. The number of aryl methyl sites for hydroxylation is 2. The summed E-state index contributed by atoms with van der Waals surface area (Å²) in [5.74, 6) is 0.816.